The molecule has 150 valence electrons. The van der Waals surface area contributed by atoms with Gasteiger partial charge in [0.2, 0.25) is 5.95 Å². The first-order valence-corrected chi connectivity index (χ1v) is 10.5. The van der Waals surface area contributed by atoms with E-state index in [1.807, 2.05) is 18.6 Å². The minimum atomic E-state index is 0.818. The molecule has 0 saturated carbocycles. The minimum Gasteiger partial charge on any atom is -0.397 e. The topological polar surface area (TPSA) is 83.2 Å². The van der Waals surface area contributed by atoms with Crippen LogP contribution < -0.4 is 16.0 Å². The van der Waals surface area contributed by atoms with Crippen molar-refractivity contribution in [1.82, 2.24) is 25.2 Å². The summed E-state index contributed by atoms with van der Waals surface area (Å²) in [6.07, 6.45) is 11.1. The van der Waals surface area contributed by atoms with Gasteiger partial charge in [-0.15, -0.1) is 0 Å². The Balaban J connectivity index is 1.33. The van der Waals surface area contributed by atoms with E-state index < -0.39 is 0 Å². The third-order valence-corrected chi connectivity index (χ3v) is 5.97. The summed E-state index contributed by atoms with van der Waals surface area (Å²) in [7, 11) is 0. The van der Waals surface area contributed by atoms with Crippen LogP contribution in [0.1, 0.15) is 24.8 Å². The molecule has 3 N–H and O–H groups in total. The Labute approximate surface area is 171 Å². The third kappa shape index (κ3) is 3.70. The van der Waals surface area contributed by atoms with E-state index in [0.29, 0.717) is 0 Å². The number of nitrogens with zero attached hydrogens (tertiary/aromatic N) is 5. The predicted octanol–water partition coefficient (Wildman–Crippen LogP) is 2.00. The maximum atomic E-state index is 6.36. The van der Waals surface area contributed by atoms with Crippen LogP contribution in [0.3, 0.4) is 0 Å². The average Bonchev–Trinajstić information content (AvgIpc) is 3.45. The van der Waals surface area contributed by atoms with E-state index in [9.17, 15) is 0 Å². The Morgan fingerprint density at radius 2 is 1.66 bits per heavy atom. The standard InChI is InChI=1S/C22H27N7/c23-19-11-17(13-21(19)28-9-5-24-6-10-28)16-3-4-25-20(12-16)18-14-26-22(27-15-18)29-7-1-2-8-29/h3-4,11-12,14-15,24H,1-2,5-10,13,23H2. The van der Waals surface area contributed by atoms with Crippen LogP contribution in [0.15, 0.2) is 48.2 Å². The predicted molar refractivity (Wildman–Crippen MR) is 115 cm³/mol. The fourth-order valence-corrected chi connectivity index (χ4v) is 4.34. The Bertz CT molecular complexity index is 936. The molecule has 0 aromatic carbocycles. The number of nitrogens with two attached hydrogens (primary N) is 1. The molecule has 2 fully saturated rings. The van der Waals surface area contributed by atoms with Crippen LogP contribution in [0.2, 0.25) is 0 Å². The first-order chi connectivity index (χ1) is 14.3. The van der Waals surface area contributed by atoms with E-state index in [1.54, 1.807) is 0 Å². The highest BCUT2D eigenvalue weighted by Gasteiger charge is 2.22. The summed E-state index contributed by atoms with van der Waals surface area (Å²) in [6, 6.07) is 4.18. The third-order valence-electron chi connectivity index (χ3n) is 5.97. The molecular weight excluding hydrogens is 362 g/mol. The maximum Gasteiger partial charge on any atom is 0.225 e. The van der Waals surface area contributed by atoms with E-state index in [4.69, 9.17) is 5.73 Å². The van der Waals surface area contributed by atoms with Crippen molar-refractivity contribution in [1.29, 1.82) is 0 Å². The van der Waals surface area contributed by atoms with Gasteiger partial charge in [-0.05, 0) is 42.2 Å². The first-order valence-electron chi connectivity index (χ1n) is 10.5. The van der Waals surface area contributed by atoms with Crippen molar-refractivity contribution in [3.63, 3.8) is 0 Å². The number of aromatic nitrogens is 3. The molecule has 2 aromatic heterocycles. The maximum absolute atomic E-state index is 6.36. The molecular formula is C22H27N7. The van der Waals surface area contributed by atoms with Crippen LogP contribution in [0, 0.1) is 0 Å². The Morgan fingerprint density at radius 1 is 0.897 bits per heavy atom. The largest absolute Gasteiger partial charge is 0.397 e. The lowest BCUT2D eigenvalue weighted by atomic mass is 10.0. The number of rotatable bonds is 4. The smallest absolute Gasteiger partial charge is 0.225 e. The van der Waals surface area contributed by atoms with Crippen LogP contribution in [0.4, 0.5) is 5.95 Å². The van der Waals surface area contributed by atoms with Crippen molar-refractivity contribution in [3.8, 4) is 11.3 Å². The SMILES string of the molecule is NC1=C(N2CCNCC2)CC(c2ccnc(-c3cnc(N4CCCC4)nc3)c2)=C1. The monoisotopic (exact) mass is 389 g/mol. The molecule has 0 unspecified atom stereocenters. The van der Waals surface area contributed by atoms with Crippen molar-refractivity contribution >= 4 is 11.5 Å². The fraction of sp³-hybridized carbons (Fsp3) is 0.409. The number of hydrogen-bond acceptors (Lipinski definition) is 7. The number of allylic oxidation sites excluding steroid dienone is 2. The second-order valence-corrected chi connectivity index (χ2v) is 7.88. The zero-order chi connectivity index (χ0) is 19.6. The number of pyridine rings is 1. The van der Waals surface area contributed by atoms with Gasteiger partial charge in [0.05, 0.1) is 11.4 Å². The molecule has 0 radical (unpaired) electrons. The van der Waals surface area contributed by atoms with E-state index >= 15 is 0 Å². The fourth-order valence-electron chi connectivity index (χ4n) is 4.34. The van der Waals surface area contributed by atoms with Crippen LogP contribution in [0.25, 0.3) is 16.8 Å². The summed E-state index contributed by atoms with van der Waals surface area (Å²) in [5.41, 5.74) is 12.7. The highest BCUT2D eigenvalue weighted by molar-refractivity contribution is 5.76. The van der Waals surface area contributed by atoms with Gasteiger partial charge in [0.25, 0.3) is 0 Å². The summed E-state index contributed by atoms with van der Waals surface area (Å²) >= 11 is 0. The highest BCUT2D eigenvalue weighted by atomic mass is 15.3. The molecule has 5 rings (SSSR count). The van der Waals surface area contributed by atoms with Gasteiger partial charge in [-0.25, -0.2) is 9.97 Å². The van der Waals surface area contributed by atoms with Crippen molar-refractivity contribution < 1.29 is 0 Å². The van der Waals surface area contributed by atoms with Gasteiger partial charge in [0.1, 0.15) is 0 Å². The van der Waals surface area contributed by atoms with Gasteiger partial charge in [-0.3, -0.25) is 4.98 Å². The van der Waals surface area contributed by atoms with Crippen molar-refractivity contribution in [2.45, 2.75) is 19.3 Å². The van der Waals surface area contributed by atoms with Crippen LogP contribution >= 0.6 is 0 Å². The van der Waals surface area contributed by atoms with Crippen molar-refractivity contribution in [2.75, 3.05) is 44.2 Å². The molecule has 7 nitrogen and oxygen atoms in total. The number of piperazine rings is 1. The quantitative estimate of drug-likeness (QED) is 0.827. The Kier molecular flexibility index (Phi) is 4.89. The van der Waals surface area contributed by atoms with Gasteiger partial charge in [0.15, 0.2) is 0 Å². The lowest BCUT2D eigenvalue weighted by Gasteiger charge is -2.31. The summed E-state index contributed by atoms with van der Waals surface area (Å²) in [4.78, 5) is 18.3. The number of anilines is 1. The zero-order valence-corrected chi connectivity index (χ0v) is 16.6. The van der Waals surface area contributed by atoms with E-state index in [2.05, 4.69) is 48.3 Å². The van der Waals surface area contributed by atoms with E-state index in [-0.39, 0.29) is 0 Å². The molecule has 0 atom stereocenters. The molecule has 2 aliphatic heterocycles. The summed E-state index contributed by atoms with van der Waals surface area (Å²) in [6.45, 7) is 6.15. The van der Waals surface area contributed by atoms with Crippen LogP contribution in [0.5, 0.6) is 0 Å². The molecule has 7 heteroatoms. The van der Waals surface area contributed by atoms with Gasteiger partial charge >= 0.3 is 0 Å². The normalized spacial score (nSPS) is 19.8. The Morgan fingerprint density at radius 3 is 2.41 bits per heavy atom. The van der Waals surface area contributed by atoms with Crippen molar-refractivity contribution in [3.05, 3.63) is 53.8 Å². The molecule has 2 aromatic rings. The average molecular weight is 390 g/mol. The van der Waals surface area contributed by atoms with Gasteiger partial charge in [-0.2, -0.15) is 0 Å². The highest BCUT2D eigenvalue weighted by Crippen LogP contribution is 2.33. The molecule has 0 amide bonds. The van der Waals surface area contributed by atoms with Crippen LogP contribution in [-0.4, -0.2) is 59.1 Å². The first kappa shape index (κ1) is 18.1. The molecule has 3 aliphatic rings. The molecule has 2 saturated heterocycles. The second-order valence-electron chi connectivity index (χ2n) is 7.88. The molecule has 4 heterocycles. The number of nitrogens with one attached hydrogen (secondary N) is 1. The molecule has 0 spiro atoms. The summed E-state index contributed by atoms with van der Waals surface area (Å²) in [5.74, 6) is 0.818. The molecule has 1 aliphatic carbocycles. The van der Waals surface area contributed by atoms with Gasteiger partial charge < -0.3 is 20.9 Å². The van der Waals surface area contributed by atoms with Crippen LogP contribution in [-0.2, 0) is 0 Å². The van der Waals surface area contributed by atoms with Gasteiger partial charge in [0, 0.05) is 75.5 Å². The Hall–Kier alpha value is -2.93. The van der Waals surface area contributed by atoms with E-state index in [1.165, 1.54) is 24.1 Å². The van der Waals surface area contributed by atoms with E-state index in [0.717, 1.165) is 74.2 Å². The second kappa shape index (κ2) is 7.83. The molecule has 0 bridgehead atoms. The summed E-state index contributed by atoms with van der Waals surface area (Å²) < 4.78 is 0. The number of hydrogen-bond donors (Lipinski definition) is 2. The minimum absolute atomic E-state index is 0.818. The zero-order valence-electron chi connectivity index (χ0n) is 16.6. The van der Waals surface area contributed by atoms with Crippen molar-refractivity contribution in [2.24, 2.45) is 5.73 Å². The summed E-state index contributed by atoms with van der Waals surface area (Å²) in [5, 5.41) is 3.40. The lowest BCUT2D eigenvalue weighted by Crippen LogP contribution is -2.43. The lowest BCUT2D eigenvalue weighted by molar-refractivity contribution is 0.294. The molecule has 29 heavy (non-hydrogen) atoms. The van der Waals surface area contributed by atoms with Gasteiger partial charge in [-0.1, -0.05) is 0 Å².